The zero-order valence-electron chi connectivity index (χ0n) is 9.37. The van der Waals surface area contributed by atoms with Crippen LogP contribution in [0.25, 0.3) is 0 Å². The lowest BCUT2D eigenvalue weighted by Gasteiger charge is -2.25. The summed E-state index contributed by atoms with van der Waals surface area (Å²) < 4.78 is 0.840. The second kappa shape index (κ2) is 6.48. The first-order valence-electron chi connectivity index (χ1n) is 5.34. The fourth-order valence-corrected chi connectivity index (χ4v) is 2.82. The summed E-state index contributed by atoms with van der Waals surface area (Å²) >= 11 is 7.56. The van der Waals surface area contributed by atoms with E-state index in [0.29, 0.717) is 12.6 Å². The maximum Gasteiger partial charge on any atom is 0.0931 e. The van der Waals surface area contributed by atoms with Crippen molar-refractivity contribution in [1.29, 1.82) is 0 Å². The number of thiophene rings is 1. The predicted molar refractivity (Wildman–Crippen MR) is 68.7 cm³/mol. The number of likely N-dealkylation sites (N-methyl/N-ethyl adjacent to an activating group) is 1. The summed E-state index contributed by atoms with van der Waals surface area (Å²) in [6.45, 7) is 3.94. The van der Waals surface area contributed by atoms with Crippen LogP contribution >= 0.6 is 22.9 Å². The van der Waals surface area contributed by atoms with Crippen LogP contribution < -0.4 is 5.73 Å². The summed E-state index contributed by atoms with van der Waals surface area (Å²) in [7, 11) is 2.13. The molecule has 1 heterocycles. The molecule has 1 rings (SSSR count). The Kier molecular flexibility index (Phi) is 5.61. The quantitative estimate of drug-likeness (QED) is 0.836. The molecule has 0 saturated heterocycles. The SMILES string of the molecule is CCCCN(C)C(CN)c1ccc(Cl)s1. The van der Waals surface area contributed by atoms with Gasteiger partial charge >= 0.3 is 0 Å². The summed E-state index contributed by atoms with van der Waals surface area (Å²) in [4.78, 5) is 3.58. The van der Waals surface area contributed by atoms with E-state index in [-0.39, 0.29) is 0 Å². The molecule has 4 heteroatoms. The molecule has 1 aromatic rings. The Morgan fingerprint density at radius 1 is 1.53 bits per heavy atom. The van der Waals surface area contributed by atoms with Crippen molar-refractivity contribution in [2.45, 2.75) is 25.8 Å². The van der Waals surface area contributed by atoms with Crippen molar-refractivity contribution in [1.82, 2.24) is 4.90 Å². The van der Waals surface area contributed by atoms with Gasteiger partial charge in [0.15, 0.2) is 0 Å². The molecular weight excluding hydrogens is 228 g/mol. The molecule has 2 N–H and O–H groups in total. The third kappa shape index (κ3) is 3.76. The molecule has 0 aliphatic heterocycles. The van der Waals surface area contributed by atoms with Gasteiger partial charge in [-0.05, 0) is 32.1 Å². The molecule has 1 aromatic heterocycles. The summed E-state index contributed by atoms with van der Waals surface area (Å²) in [5, 5.41) is 0. The second-order valence-corrected chi connectivity index (χ2v) is 5.47. The van der Waals surface area contributed by atoms with Crippen LogP contribution in [0.2, 0.25) is 4.34 Å². The third-order valence-corrected chi connectivity index (χ3v) is 3.87. The number of halogens is 1. The van der Waals surface area contributed by atoms with Gasteiger partial charge in [-0.25, -0.2) is 0 Å². The average Bonchev–Trinajstić information content (AvgIpc) is 2.63. The van der Waals surface area contributed by atoms with Gasteiger partial charge in [-0.1, -0.05) is 24.9 Å². The van der Waals surface area contributed by atoms with Gasteiger partial charge in [0.1, 0.15) is 0 Å². The van der Waals surface area contributed by atoms with Gasteiger partial charge in [0.05, 0.1) is 10.4 Å². The third-order valence-electron chi connectivity index (χ3n) is 2.54. The maximum absolute atomic E-state index is 5.93. The van der Waals surface area contributed by atoms with Gasteiger partial charge in [-0.15, -0.1) is 11.3 Å². The standard InChI is InChI=1S/C11H19ClN2S/c1-3-4-7-14(2)9(8-13)10-5-6-11(12)15-10/h5-6,9H,3-4,7-8,13H2,1-2H3. The Hall–Kier alpha value is -0.0900. The second-order valence-electron chi connectivity index (χ2n) is 3.73. The highest BCUT2D eigenvalue weighted by atomic mass is 35.5. The minimum absolute atomic E-state index is 0.314. The van der Waals surface area contributed by atoms with E-state index < -0.39 is 0 Å². The van der Waals surface area contributed by atoms with E-state index in [1.165, 1.54) is 17.7 Å². The molecule has 0 bridgehead atoms. The number of hydrogen-bond donors (Lipinski definition) is 1. The zero-order chi connectivity index (χ0) is 11.3. The lowest BCUT2D eigenvalue weighted by Crippen LogP contribution is -2.30. The van der Waals surface area contributed by atoms with Gasteiger partial charge in [-0.3, -0.25) is 4.90 Å². The van der Waals surface area contributed by atoms with Crippen molar-refractivity contribution >= 4 is 22.9 Å². The van der Waals surface area contributed by atoms with Crippen LogP contribution in [0.1, 0.15) is 30.7 Å². The molecule has 0 saturated carbocycles. The molecule has 0 aliphatic rings. The first-order valence-corrected chi connectivity index (χ1v) is 6.54. The summed E-state index contributed by atoms with van der Waals surface area (Å²) in [6, 6.07) is 4.33. The topological polar surface area (TPSA) is 29.3 Å². The number of hydrogen-bond acceptors (Lipinski definition) is 3. The van der Waals surface area contributed by atoms with Gasteiger partial charge in [0.2, 0.25) is 0 Å². The Morgan fingerprint density at radius 2 is 2.27 bits per heavy atom. The summed E-state index contributed by atoms with van der Waals surface area (Å²) in [5.74, 6) is 0. The molecule has 2 nitrogen and oxygen atoms in total. The van der Waals surface area contributed by atoms with Crippen LogP contribution in [0, 0.1) is 0 Å². The largest absolute Gasteiger partial charge is 0.329 e. The van der Waals surface area contributed by atoms with Gasteiger partial charge in [0, 0.05) is 11.4 Å². The van der Waals surface area contributed by atoms with E-state index >= 15 is 0 Å². The summed E-state index contributed by atoms with van der Waals surface area (Å²) in [6.07, 6.45) is 2.43. The van der Waals surface area contributed by atoms with Crippen LogP contribution in [-0.4, -0.2) is 25.0 Å². The highest BCUT2D eigenvalue weighted by Gasteiger charge is 2.16. The minimum Gasteiger partial charge on any atom is -0.329 e. The van der Waals surface area contributed by atoms with Crippen molar-refractivity contribution in [3.8, 4) is 0 Å². The monoisotopic (exact) mass is 246 g/mol. The average molecular weight is 247 g/mol. The van der Waals surface area contributed by atoms with E-state index in [2.05, 4.69) is 24.9 Å². The van der Waals surface area contributed by atoms with Crippen molar-refractivity contribution in [2.75, 3.05) is 20.1 Å². The molecule has 15 heavy (non-hydrogen) atoms. The van der Waals surface area contributed by atoms with Crippen LogP contribution in [0.3, 0.4) is 0 Å². The predicted octanol–water partition coefficient (Wildman–Crippen LogP) is 3.13. The minimum atomic E-state index is 0.314. The van der Waals surface area contributed by atoms with Gasteiger partial charge in [-0.2, -0.15) is 0 Å². The van der Waals surface area contributed by atoms with E-state index in [0.717, 1.165) is 10.9 Å². The molecule has 0 amide bonds. The number of unbranched alkanes of at least 4 members (excludes halogenated alkanes) is 1. The molecule has 1 atom stereocenters. The molecule has 0 spiro atoms. The first-order chi connectivity index (χ1) is 7.19. The van der Waals surface area contributed by atoms with Crippen LogP contribution in [-0.2, 0) is 0 Å². The molecular formula is C11H19ClN2S. The van der Waals surface area contributed by atoms with Gasteiger partial charge < -0.3 is 5.73 Å². The Morgan fingerprint density at radius 3 is 2.73 bits per heavy atom. The molecule has 0 aromatic carbocycles. The fourth-order valence-electron chi connectivity index (χ4n) is 1.58. The molecule has 0 aliphatic carbocycles. The normalized spacial score (nSPS) is 13.4. The van der Waals surface area contributed by atoms with Crippen molar-refractivity contribution < 1.29 is 0 Å². The van der Waals surface area contributed by atoms with E-state index in [4.69, 9.17) is 17.3 Å². The van der Waals surface area contributed by atoms with Crippen LogP contribution in [0.5, 0.6) is 0 Å². The smallest absolute Gasteiger partial charge is 0.0931 e. The molecule has 0 fully saturated rings. The lowest BCUT2D eigenvalue weighted by molar-refractivity contribution is 0.250. The van der Waals surface area contributed by atoms with E-state index in [9.17, 15) is 0 Å². The fraction of sp³-hybridized carbons (Fsp3) is 0.636. The summed E-state index contributed by atoms with van der Waals surface area (Å²) in [5.41, 5.74) is 5.81. The van der Waals surface area contributed by atoms with E-state index in [1.54, 1.807) is 11.3 Å². The molecule has 0 radical (unpaired) electrons. The van der Waals surface area contributed by atoms with Crippen LogP contribution in [0.15, 0.2) is 12.1 Å². The lowest BCUT2D eigenvalue weighted by atomic mass is 10.2. The zero-order valence-corrected chi connectivity index (χ0v) is 10.9. The van der Waals surface area contributed by atoms with Crippen LogP contribution in [0.4, 0.5) is 0 Å². The van der Waals surface area contributed by atoms with Crippen molar-refractivity contribution in [3.05, 3.63) is 21.3 Å². The first kappa shape index (κ1) is 13.0. The Bertz CT molecular complexity index is 288. The highest BCUT2D eigenvalue weighted by molar-refractivity contribution is 7.16. The van der Waals surface area contributed by atoms with Gasteiger partial charge in [0.25, 0.3) is 0 Å². The Balaban J connectivity index is 2.62. The molecule has 86 valence electrons. The van der Waals surface area contributed by atoms with Crippen molar-refractivity contribution in [3.63, 3.8) is 0 Å². The number of rotatable bonds is 6. The number of nitrogens with two attached hydrogens (primary N) is 1. The number of nitrogens with zero attached hydrogens (tertiary/aromatic N) is 1. The van der Waals surface area contributed by atoms with Crippen molar-refractivity contribution in [2.24, 2.45) is 5.73 Å². The Labute approximate surface area is 101 Å². The highest BCUT2D eigenvalue weighted by Crippen LogP contribution is 2.29. The molecule has 1 unspecified atom stereocenters. The van der Waals surface area contributed by atoms with E-state index in [1.807, 2.05) is 6.07 Å². The maximum atomic E-state index is 5.93.